The summed E-state index contributed by atoms with van der Waals surface area (Å²) in [5, 5.41) is 18.1. The van der Waals surface area contributed by atoms with E-state index in [2.05, 4.69) is 25.9 Å². The van der Waals surface area contributed by atoms with Gasteiger partial charge in [0.05, 0.1) is 41.7 Å². The molecule has 0 aliphatic carbocycles. The SMILES string of the molecule is Cc1cc(C)n(Cc2ccc(C(=O)Nc3cnn(C)c3C(=O)Nc3cnn(C)c3C)o2)n1. The molecule has 32 heavy (non-hydrogen) atoms. The Balaban J connectivity index is 1.48. The van der Waals surface area contributed by atoms with Crippen molar-refractivity contribution in [2.24, 2.45) is 14.1 Å². The van der Waals surface area contributed by atoms with Crippen LogP contribution in [0.4, 0.5) is 11.4 Å². The zero-order chi connectivity index (χ0) is 23.0. The van der Waals surface area contributed by atoms with E-state index in [0.29, 0.717) is 18.0 Å². The summed E-state index contributed by atoms with van der Waals surface area (Å²) in [7, 11) is 3.41. The average molecular weight is 436 g/mol. The number of aromatic nitrogens is 6. The molecular weight excluding hydrogens is 412 g/mol. The van der Waals surface area contributed by atoms with Gasteiger partial charge >= 0.3 is 0 Å². The minimum Gasteiger partial charge on any atom is -0.454 e. The van der Waals surface area contributed by atoms with E-state index in [0.717, 1.165) is 17.1 Å². The third kappa shape index (κ3) is 4.04. The first-order valence-corrected chi connectivity index (χ1v) is 9.96. The molecule has 2 amide bonds. The Morgan fingerprint density at radius 1 is 0.969 bits per heavy atom. The van der Waals surface area contributed by atoms with Gasteiger partial charge in [0.25, 0.3) is 11.8 Å². The maximum absolute atomic E-state index is 12.8. The highest BCUT2D eigenvalue weighted by Gasteiger charge is 2.22. The topological polar surface area (TPSA) is 125 Å². The fourth-order valence-corrected chi connectivity index (χ4v) is 3.35. The molecular formula is C21H24N8O3. The number of carbonyl (C=O) groups excluding carboxylic acids is 2. The van der Waals surface area contributed by atoms with E-state index in [1.807, 2.05) is 26.8 Å². The van der Waals surface area contributed by atoms with E-state index >= 15 is 0 Å². The molecule has 0 saturated heterocycles. The monoisotopic (exact) mass is 436 g/mol. The summed E-state index contributed by atoms with van der Waals surface area (Å²) in [6.07, 6.45) is 2.98. The van der Waals surface area contributed by atoms with E-state index in [4.69, 9.17) is 4.42 Å². The number of aryl methyl sites for hydroxylation is 4. The predicted octanol–water partition coefficient (Wildman–Crippen LogP) is 2.42. The van der Waals surface area contributed by atoms with Crippen molar-refractivity contribution in [3.63, 3.8) is 0 Å². The van der Waals surface area contributed by atoms with Crippen molar-refractivity contribution >= 4 is 23.2 Å². The van der Waals surface area contributed by atoms with Crippen LogP contribution in [0.15, 0.2) is 35.0 Å². The van der Waals surface area contributed by atoms with Gasteiger partial charge in [-0.25, -0.2) is 0 Å². The van der Waals surface area contributed by atoms with Crippen LogP contribution in [0.5, 0.6) is 0 Å². The summed E-state index contributed by atoms with van der Waals surface area (Å²) in [6, 6.07) is 5.29. The lowest BCUT2D eigenvalue weighted by Gasteiger charge is -2.08. The second-order valence-electron chi connectivity index (χ2n) is 7.56. The molecule has 4 aromatic heterocycles. The van der Waals surface area contributed by atoms with Gasteiger partial charge in [-0.2, -0.15) is 15.3 Å². The number of hydrogen-bond acceptors (Lipinski definition) is 6. The molecule has 11 nitrogen and oxygen atoms in total. The van der Waals surface area contributed by atoms with Crippen LogP contribution in [0.25, 0.3) is 0 Å². The molecule has 2 N–H and O–H groups in total. The van der Waals surface area contributed by atoms with Gasteiger partial charge in [-0.1, -0.05) is 0 Å². The molecule has 4 heterocycles. The maximum atomic E-state index is 12.8. The normalized spacial score (nSPS) is 11.0. The highest BCUT2D eigenvalue weighted by molar-refractivity contribution is 6.11. The van der Waals surface area contributed by atoms with Crippen molar-refractivity contribution in [2.75, 3.05) is 10.6 Å². The molecule has 0 spiro atoms. The van der Waals surface area contributed by atoms with Crippen LogP contribution >= 0.6 is 0 Å². The molecule has 166 valence electrons. The summed E-state index contributed by atoms with van der Waals surface area (Å²) in [5.74, 6) is -0.178. The fourth-order valence-electron chi connectivity index (χ4n) is 3.35. The van der Waals surface area contributed by atoms with Crippen LogP contribution in [-0.2, 0) is 20.6 Å². The summed E-state index contributed by atoms with van der Waals surface area (Å²) >= 11 is 0. The summed E-state index contributed by atoms with van der Waals surface area (Å²) in [6.45, 7) is 6.13. The molecule has 0 atom stereocenters. The number of amides is 2. The quantitative estimate of drug-likeness (QED) is 0.478. The number of carbonyl (C=O) groups is 2. The predicted molar refractivity (Wildman–Crippen MR) is 117 cm³/mol. The third-order valence-electron chi connectivity index (χ3n) is 5.18. The minimum absolute atomic E-state index is 0.125. The van der Waals surface area contributed by atoms with Crippen LogP contribution in [0.3, 0.4) is 0 Å². The van der Waals surface area contributed by atoms with E-state index in [1.54, 1.807) is 41.8 Å². The Hall–Kier alpha value is -4.15. The largest absolute Gasteiger partial charge is 0.454 e. The highest BCUT2D eigenvalue weighted by Crippen LogP contribution is 2.20. The zero-order valence-electron chi connectivity index (χ0n) is 18.5. The van der Waals surface area contributed by atoms with Gasteiger partial charge in [-0.05, 0) is 39.0 Å². The van der Waals surface area contributed by atoms with E-state index < -0.39 is 11.8 Å². The number of nitrogens with one attached hydrogen (secondary N) is 2. The minimum atomic E-state index is -0.482. The van der Waals surface area contributed by atoms with Gasteiger partial charge in [-0.15, -0.1) is 0 Å². The van der Waals surface area contributed by atoms with Gasteiger partial charge in [0.15, 0.2) is 5.76 Å². The fraction of sp³-hybridized carbons (Fsp3) is 0.286. The van der Waals surface area contributed by atoms with E-state index in [-0.39, 0.29) is 17.1 Å². The van der Waals surface area contributed by atoms with Gasteiger partial charge in [0.2, 0.25) is 0 Å². The summed E-state index contributed by atoms with van der Waals surface area (Å²) < 4.78 is 10.6. The molecule has 4 aromatic rings. The van der Waals surface area contributed by atoms with Crippen LogP contribution < -0.4 is 10.6 Å². The summed E-state index contributed by atoms with van der Waals surface area (Å²) in [5.41, 5.74) is 3.77. The van der Waals surface area contributed by atoms with E-state index in [9.17, 15) is 9.59 Å². The molecule has 11 heteroatoms. The number of hydrogen-bond donors (Lipinski definition) is 2. The maximum Gasteiger partial charge on any atom is 0.291 e. The number of furan rings is 1. The smallest absolute Gasteiger partial charge is 0.291 e. The lowest BCUT2D eigenvalue weighted by molar-refractivity contribution is 0.0994. The number of nitrogens with zero attached hydrogens (tertiary/aromatic N) is 6. The lowest BCUT2D eigenvalue weighted by atomic mass is 10.3. The second kappa shape index (κ2) is 8.17. The standard InChI is InChI=1S/C21H24N8O3/c1-12-8-13(2)29(26-12)11-15-6-7-18(32-15)20(30)25-17-10-23-28(5)19(17)21(31)24-16-9-22-27(4)14(16)3/h6-10H,11H2,1-5H3,(H,24,31)(H,25,30). The van der Waals surface area contributed by atoms with Crippen molar-refractivity contribution in [1.29, 1.82) is 0 Å². The Labute approximate surface area is 184 Å². The Kier molecular flexibility index (Phi) is 5.39. The molecule has 0 bridgehead atoms. The van der Waals surface area contributed by atoms with Crippen molar-refractivity contribution in [3.05, 3.63) is 64.9 Å². The van der Waals surface area contributed by atoms with Gasteiger partial charge < -0.3 is 15.1 Å². The molecule has 0 fully saturated rings. The van der Waals surface area contributed by atoms with Crippen molar-refractivity contribution in [2.45, 2.75) is 27.3 Å². The number of rotatable bonds is 6. The van der Waals surface area contributed by atoms with Crippen LogP contribution in [-0.4, -0.2) is 41.2 Å². The number of anilines is 2. The Morgan fingerprint density at radius 3 is 2.31 bits per heavy atom. The van der Waals surface area contributed by atoms with Crippen molar-refractivity contribution < 1.29 is 14.0 Å². The second-order valence-corrected chi connectivity index (χ2v) is 7.56. The molecule has 0 aliphatic rings. The first-order chi connectivity index (χ1) is 15.2. The molecule has 0 radical (unpaired) electrons. The molecule has 0 aromatic carbocycles. The van der Waals surface area contributed by atoms with Crippen LogP contribution in [0, 0.1) is 20.8 Å². The first kappa shape index (κ1) is 21.1. The molecule has 0 aliphatic heterocycles. The Bertz CT molecular complexity index is 1310. The Morgan fingerprint density at radius 2 is 1.66 bits per heavy atom. The van der Waals surface area contributed by atoms with Gasteiger partial charge in [0.1, 0.15) is 11.5 Å². The van der Waals surface area contributed by atoms with Crippen LogP contribution in [0.1, 0.15) is 43.9 Å². The van der Waals surface area contributed by atoms with Crippen LogP contribution in [0.2, 0.25) is 0 Å². The van der Waals surface area contributed by atoms with Gasteiger partial charge in [-0.3, -0.25) is 23.6 Å². The van der Waals surface area contributed by atoms with Crippen molar-refractivity contribution in [1.82, 2.24) is 29.3 Å². The third-order valence-corrected chi connectivity index (χ3v) is 5.18. The summed E-state index contributed by atoms with van der Waals surface area (Å²) in [4.78, 5) is 25.6. The zero-order valence-corrected chi connectivity index (χ0v) is 18.5. The first-order valence-electron chi connectivity index (χ1n) is 9.96. The van der Waals surface area contributed by atoms with E-state index in [1.165, 1.54) is 10.9 Å². The van der Waals surface area contributed by atoms with Crippen molar-refractivity contribution in [3.8, 4) is 0 Å². The van der Waals surface area contributed by atoms with Gasteiger partial charge in [0, 0.05) is 19.8 Å². The molecule has 0 saturated carbocycles. The highest BCUT2D eigenvalue weighted by atomic mass is 16.4. The molecule has 4 rings (SSSR count). The molecule has 0 unspecified atom stereocenters. The average Bonchev–Trinajstić information content (AvgIpc) is 3.49. The lowest BCUT2D eigenvalue weighted by Crippen LogP contribution is -2.20.